The number of amides is 1. The number of hydrogen-bond donors (Lipinski definition) is 3. The van der Waals surface area contributed by atoms with Gasteiger partial charge in [-0.1, -0.05) is 23.7 Å². The lowest BCUT2D eigenvalue weighted by molar-refractivity contribution is -0.114. The molecule has 174 valence electrons. The summed E-state index contributed by atoms with van der Waals surface area (Å²) in [6.07, 6.45) is 3.55. The second-order valence-electron chi connectivity index (χ2n) is 8.23. The monoisotopic (exact) mass is 494 g/mol. The van der Waals surface area contributed by atoms with Crippen molar-refractivity contribution in [2.75, 3.05) is 18.4 Å². The standard InChI is InChI=1S/C24H23ClN6O2S/c1-14(32)29-21-10-16(6-8-26-21)20-11-19(23(34-20)24-27-13-28-30-24)22(31-9-7-18(33)12-31)15-2-4-17(25)5-3-15/h2-6,8,10-11,13,18,22,33H,7,9,12H2,1H3,(H,26,29,32)(H,27,28,30)/t18-,22?/m0/s1. The van der Waals surface area contributed by atoms with Gasteiger partial charge in [0.05, 0.1) is 17.0 Å². The highest BCUT2D eigenvalue weighted by molar-refractivity contribution is 7.19. The van der Waals surface area contributed by atoms with Gasteiger partial charge in [0.2, 0.25) is 5.91 Å². The van der Waals surface area contributed by atoms with Gasteiger partial charge in [0.15, 0.2) is 5.82 Å². The molecule has 0 aliphatic carbocycles. The average molecular weight is 495 g/mol. The summed E-state index contributed by atoms with van der Waals surface area (Å²) in [6, 6.07) is 13.7. The van der Waals surface area contributed by atoms with E-state index in [2.05, 4.69) is 36.4 Å². The van der Waals surface area contributed by atoms with Crippen molar-refractivity contribution >= 4 is 34.7 Å². The molecule has 0 bridgehead atoms. The maximum absolute atomic E-state index is 11.5. The first-order chi connectivity index (χ1) is 16.5. The van der Waals surface area contributed by atoms with E-state index in [0.717, 1.165) is 39.4 Å². The van der Waals surface area contributed by atoms with E-state index in [1.165, 1.54) is 13.3 Å². The quantitative estimate of drug-likeness (QED) is 0.367. The summed E-state index contributed by atoms with van der Waals surface area (Å²) < 4.78 is 0. The Labute approximate surface area is 205 Å². The zero-order chi connectivity index (χ0) is 23.7. The molecule has 1 unspecified atom stereocenters. The third kappa shape index (κ3) is 4.74. The number of nitrogens with one attached hydrogen (secondary N) is 2. The van der Waals surface area contributed by atoms with Crippen LogP contribution in [0.2, 0.25) is 5.02 Å². The van der Waals surface area contributed by atoms with E-state index < -0.39 is 0 Å². The minimum Gasteiger partial charge on any atom is -0.392 e. The highest BCUT2D eigenvalue weighted by Crippen LogP contribution is 2.44. The smallest absolute Gasteiger partial charge is 0.222 e. The predicted octanol–water partition coefficient (Wildman–Crippen LogP) is 4.36. The van der Waals surface area contributed by atoms with E-state index in [0.29, 0.717) is 23.2 Å². The topological polar surface area (TPSA) is 107 Å². The second kappa shape index (κ2) is 9.63. The van der Waals surface area contributed by atoms with Gasteiger partial charge in [-0.2, -0.15) is 5.10 Å². The molecule has 1 fully saturated rings. The number of aliphatic hydroxyl groups is 1. The van der Waals surface area contributed by atoms with Gasteiger partial charge in [0.1, 0.15) is 12.1 Å². The lowest BCUT2D eigenvalue weighted by Gasteiger charge is -2.28. The third-order valence-electron chi connectivity index (χ3n) is 5.78. The molecule has 1 saturated heterocycles. The van der Waals surface area contributed by atoms with Gasteiger partial charge in [-0.05, 0) is 53.4 Å². The predicted molar refractivity (Wildman–Crippen MR) is 133 cm³/mol. The number of benzene rings is 1. The number of nitrogens with zero attached hydrogens (tertiary/aromatic N) is 4. The minimum atomic E-state index is -0.359. The van der Waals surface area contributed by atoms with Crippen molar-refractivity contribution in [3.63, 3.8) is 0 Å². The number of hydrogen-bond acceptors (Lipinski definition) is 7. The van der Waals surface area contributed by atoms with E-state index in [1.807, 2.05) is 36.4 Å². The normalized spacial score (nSPS) is 17.1. The van der Waals surface area contributed by atoms with Gasteiger partial charge >= 0.3 is 0 Å². The van der Waals surface area contributed by atoms with E-state index in [1.54, 1.807) is 17.5 Å². The molecule has 0 radical (unpaired) electrons. The largest absolute Gasteiger partial charge is 0.392 e. The fraction of sp³-hybridized carbons (Fsp3) is 0.250. The molecule has 10 heteroatoms. The van der Waals surface area contributed by atoms with Crippen LogP contribution in [0.5, 0.6) is 0 Å². The number of halogens is 1. The second-order valence-corrected chi connectivity index (χ2v) is 9.72. The molecular weight excluding hydrogens is 472 g/mol. The van der Waals surface area contributed by atoms with Gasteiger partial charge in [-0.25, -0.2) is 9.97 Å². The number of carbonyl (C=O) groups is 1. The van der Waals surface area contributed by atoms with E-state index in [4.69, 9.17) is 11.6 Å². The molecule has 0 saturated carbocycles. The first kappa shape index (κ1) is 22.7. The Balaban J connectivity index is 1.64. The maximum atomic E-state index is 11.5. The third-order valence-corrected chi connectivity index (χ3v) is 7.24. The van der Waals surface area contributed by atoms with Crippen LogP contribution < -0.4 is 5.32 Å². The molecule has 5 rings (SSSR count). The van der Waals surface area contributed by atoms with Crippen LogP contribution in [0.15, 0.2) is 55.0 Å². The van der Waals surface area contributed by atoms with Crippen LogP contribution >= 0.6 is 22.9 Å². The highest BCUT2D eigenvalue weighted by atomic mass is 35.5. The number of aromatic amines is 1. The van der Waals surface area contributed by atoms with Gasteiger partial charge in [0, 0.05) is 36.1 Å². The first-order valence-corrected chi connectivity index (χ1v) is 12.1. The van der Waals surface area contributed by atoms with Gasteiger partial charge < -0.3 is 10.4 Å². The maximum Gasteiger partial charge on any atom is 0.222 e. The lowest BCUT2D eigenvalue weighted by Crippen LogP contribution is -2.28. The number of aliphatic hydroxyl groups excluding tert-OH is 1. The molecule has 8 nitrogen and oxygen atoms in total. The Bertz CT molecular complexity index is 1290. The average Bonchev–Trinajstić information content (AvgIpc) is 3.56. The Morgan fingerprint density at radius 1 is 1.26 bits per heavy atom. The summed E-state index contributed by atoms with van der Waals surface area (Å²) >= 11 is 7.78. The van der Waals surface area contributed by atoms with Crippen molar-refractivity contribution in [1.29, 1.82) is 0 Å². The van der Waals surface area contributed by atoms with Crippen molar-refractivity contribution in [3.8, 4) is 21.1 Å². The molecule has 1 amide bonds. The molecule has 4 aromatic rings. The number of likely N-dealkylation sites (tertiary alicyclic amines) is 1. The number of aromatic nitrogens is 4. The lowest BCUT2D eigenvalue weighted by atomic mass is 9.96. The molecule has 4 heterocycles. The molecule has 1 aliphatic rings. The van der Waals surface area contributed by atoms with Crippen molar-refractivity contribution in [1.82, 2.24) is 25.1 Å². The Morgan fingerprint density at radius 3 is 2.76 bits per heavy atom. The summed E-state index contributed by atoms with van der Waals surface area (Å²) in [6.45, 7) is 2.81. The molecule has 3 aromatic heterocycles. The Kier molecular flexibility index (Phi) is 6.42. The summed E-state index contributed by atoms with van der Waals surface area (Å²) in [7, 11) is 0. The minimum absolute atomic E-state index is 0.101. The Hall–Kier alpha value is -3.11. The van der Waals surface area contributed by atoms with Gasteiger partial charge in [-0.15, -0.1) is 11.3 Å². The number of rotatable bonds is 6. The van der Waals surface area contributed by atoms with Crippen molar-refractivity contribution < 1.29 is 9.90 Å². The molecule has 2 atom stereocenters. The molecule has 0 spiro atoms. The molecule has 1 aliphatic heterocycles. The molecule has 1 aromatic carbocycles. The summed E-state index contributed by atoms with van der Waals surface area (Å²) in [5, 5.41) is 20.8. The fourth-order valence-electron chi connectivity index (χ4n) is 4.32. The number of H-pyrrole nitrogens is 1. The number of thiophene rings is 1. The van der Waals surface area contributed by atoms with Gasteiger partial charge in [0.25, 0.3) is 0 Å². The van der Waals surface area contributed by atoms with Crippen LogP contribution in [0.1, 0.15) is 30.5 Å². The van der Waals surface area contributed by atoms with E-state index in [-0.39, 0.29) is 18.1 Å². The van der Waals surface area contributed by atoms with Crippen LogP contribution in [0.3, 0.4) is 0 Å². The molecule has 3 N–H and O–H groups in total. The Morgan fingerprint density at radius 2 is 2.09 bits per heavy atom. The van der Waals surface area contributed by atoms with Gasteiger partial charge in [-0.3, -0.25) is 14.8 Å². The zero-order valence-corrected chi connectivity index (χ0v) is 20.0. The highest BCUT2D eigenvalue weighted by Gasteiger charge is 2.32. The van der Waals surface area contributed by atoms with Crippen LogP contribution in [0.4, 0.5) is 5.82 Å². The van der Waals surface area contributed by atoms with Crippen LogP contribution in [0.25, 0.3) is 21.1 Å². The van der Waals surface area contributed by atoms with Crippen LogP contribution in [-0.4, -0.2) is 55.3 Å². The number of pyridine rings is 1. The zero-order valence-electron chi connectivity index (χ0n) is 18.4. The first-order valence-electron chi connectivity index (χ1n) is 10.9. The summed E-state index contributed by atoms with van der Waals surface area (Å²) in [5.41, 5.74) is 3.08. The number of anilines is 1. The van der Waals surface area contributed by atoms with Crippen LogP contribution in [0, 0.1) is 0 Å². The summed E-state index contributed by atoms with van der Waals surface area (Å²) in [4.78, 5) is 24.4. The SMILES string of the molecule is CC(=O)Nc1cc(-c2cc(C(c3ccc(Cl)cc3)N3CC[C@H](O)C3)c(-c3ncn[nH]3)s2)ccn1. The summed E-state index contributed by atoms with van der Waals surface area (Å²) in [5.74, 6) is 1.01. The molecular formula is C24H23ClN6O2S. The van der Waals surface area contributed by atoms with Crippen molar-refractivity contribution in [2.45, 2.75) is 25.5 Å². The van der Waals surface area contributed by atoms with E-state index >= 15 is 0 Å². The number of β-amino-alcohol motifs (C(OH)–C–C–N with tert-alkyl or cyclic N) is 1. The fourth-order valence-corrected chi connectivity index (χ4v) is 5.58. The van der Waals surface area contributed by atoms with Crippen molar-refractivity contribution in [2.24, 2.45) is 0 Å². The molecule has 34 heavy (non-hydrogen) atoms. The van der Waals surface area contributed by atoms with Crippen LogP contribution in [-0.2, 0) is 4.79 Å². The number of carbonyl (C=O) groups excluding carboxylic acids is 1. The van der Waals surface area contributed by atoms with E-state index in [9.17, 15) is 9.90 Å². The van der Waals surface area contributed by atoms with Crippen molar-refractivity contribution in [3.05, 3.63) is 71.1 Å².